The van der Waals surface area contributed by atoms with Crippen LogP contribution in [0.5, 0.6) is 5.75 Å². The third kappa shape index (κ3) is 5.47. The maximum atomic E-state index is 6.01. The highest BCUT2D eigenvalue weighted by Gasteiger charge is 2.29. The monoisotopic (exact) mass is 350 g/mol. The van der Waals surface area contributed by atoms with Crippen molar-refractivity contribution in [2.75, 3.05) is 27.2 Å². The molecule has 1 saturated carbocycles. The van der Waals surface area contributed by atoms with Gasteiger partial charge in [0.2, 0.25) is 0 Å². The van der Waals surface area contributed by atoms with E-state index in [0.29, 0.717) is 0 Å². The lowest BCUT2D eigenvalue weighted by atomic mass is 9.93. The lowest BCUT2D eigenvalue weighted by molar-refractivity contribution is -0.916. The molecular formula is C24H32NO+. The molecule has 3 rings (SSSR count). The van der Waals surface area contributed by atoms with Gasteiger partial charge in [-0.3, -0.25) is 0 Å². The summed E-state index contributed by atoms with van der Waals surface area (Å²) in [6.07, 6.45) is 11.2. The molecule has 2 heteroatoms. The molecule has 26 heavy (non-hydrogen) atoms. The second kappa shape index (κ2) is 9.05. The molecule has 0 saturated heterocycles. The van der Waals surface area contributed by atoms with Gasteiger partial charge in [0.05, 0.1) is 20.1 Å². The van der Waals surface area contributed by atoms with E-state index >= 15 is 0 Å². The first kappa shape index (κ1) is 18.7. The third-order valence-electron chi connectivity index (χ3n) is 5.65. The second-order valence-electron chi connectivity index (χ2n) is 7.96. The molecule has 2 aromatic rings. The van der Waals surface area contributed by atoms with Crippen molar-refractivity contribution in [1.82, 2.24) is 0 Å². The lowest BCUT2D eigenvalue weighted by Gasteiger charge is -2.40. The molecular weight excluding hydrogens is 318 g/mol. The fourth-order valence-corrected chi connectivity index (χ4v) is 3.79. The summed E-state index contributed by atoms with van der Waals surface area (Å²) in [6.45, 7) is 1.85. The summed E-state index contributed by atoms with van der Waals surface area (Å²) in [7, 11) is 4.72. The van der Waals surface area contributed by atoms with Gasteiger partial charge >= 0.3 is 0 Å². The van der Waals surface area contributed by atoms with Crippen LogP contribution in [0, 0.1) is 0 Å². The standard InChI is InChI=1S/C24H32NO/c1-25(2,23-11-7-4-8-12-23)19-20-26-24-17-15-22(16-18-24)14-13-21-9-5-3-6-10-21/h3,5-6,9-10,13-18,23H,4,7-8,11-12,19-20H2,1-2H3/q+1/b14-13+. The van der Waals surface area contributed by atoms with Gasteiger partial charge in [-0.1, -0.05) is 61.0 Å². The number of rotatable bonds is 7. The van der Waals surface area contributed by atoms with Crippen LogP contribution in [-0.4, -0.2) is 37.8 Å². The van der Waals surface area contributed by atoms with Crippen molar-refractivity contribution in [3.05, 3.63) is 65.7 Å². The van der Waals surface area contributed by atoms with Gasteiger partial charge < -0.3 is 9.22 Å². The summed E-state index contributed by atoms with van der Waals surface area (Å²) in [5.41, 5.74) is 2.41. The van der Waals surface area contributed by atoms with Crippen molar-refractivity contribution in [3.8, 4) is 5.75 Å². The average Bonchev–Trinajstić information content (AvgIpc) is 2.69. The minimum absolute atomic E-state index is 0.780. The van der Waals surface area contributed by atoms with E-state index < -0.39 is 0 Å². The van der Waals surface area contributed by atoms with E-state index in [1.165, 1.54) is 43.2 Å². The van der Waals surface area contributed by atoms with Crippen LogP contribution in [0.2, 0.25) is 0 Å². The Kier molecular flexibility index (Phi) is 6.51. The van der Waals surface area contributed by atoms with Gasteiger partial charge in [0.25, 0.3) is 0 Å². The number of ether oxygens (including phenoxy) is 1. The molecule has 0 amide bonds. The fourth-order valence-electron chi connectivity index (χ4n) is 3.79. The largest absolute Gasteiger partial charge is 0.488 e. The van der Waals surface area contributed by atoms with Crippen LogP contribution in [0.1, 0.15) is 43.2 Å². The number of nitrogens with zero attached hydrogens (tertiary/aromatic N) is 1. The maximum absolute atomic E-state index is 6.01. The van der Waals surface area contributed by atoms with Crippen LogP contribution >= 0.6 is 0 Å². The Morgan fingerprint density at radius 2 is 1.46 bits per heavy atom. The van der Waals surface area contributed by atoms with Crippen molar-refractivity contribution in [1.29, 1.82) is 0 Å². The van der Waals surface area contributed by atoms with Crippen molar-refractivity contribution in [2.24, 2.45) is 0 Å². The third-order valence-corrected chi connectivity index (χ3v) is 5.65. The van der Waals surface area contributed by atoms with Crippen LogP contribution in [0.15, 0.2) is 54.6 Å². The quantitative estimate of drug-likeness (QED) is 0.463. The summed E-state index contributed by atoms with van der Waals surface area (Å²) in [5, 5.41) is 0. The van der Waals surface area contributed by atoms with E-state index in [0.717, 1.165) is 29.4 Å². The molecule has 0 aliphatic heterocycles. The summed E-state index contributed by atoms with van der Waals surface area (Å²) in [6, 6.07) is 19.6. The molecule has 138 valence electrons. The van der Waals surface area contributed by atoms with E-state index in [9.17, 15) is 0 Å². The van der Waals surface area contributed by atoms with E-state index in [2.05, 4.69) is 74.8 Å². The zero-order chi connectivity index (χ0) is 18.2. The Bertz CT molecular complexity index is 682. The van der Waals surface area contributed by atoms with Crippen molar-refractivity contribution in [2.45, 2.75) is 38.1 Å². The van der Waals surface area contributed by atoms with Crippen LogP contribution in [0.4, 0.5) is 0 Å². The molecule has 0 aromatic heterocycles. The number of hydrogen-bond acceptors (Lipinski definition) is 1. The zero-order valence-corrected chi connectivity index (χ0v) is 16.2. The fraction of sp³-hybridized carbons (Fsp3) is 0.417. The molecule has 0 bridgehead atoms. The van der Waals surface area contributed by atoms with Gasteiger partial charge in [0, 0.05) is 0 Å². The van der Waals surface area contributed by atoms with E-state index in [1.807, 2.05) is 6.07 Å². The summed E-state index contributed by atoms with van der Waals surface area (Å²) >= 11 is 0. The molecule has 0 atom stereocenters. The Morgan fingerprint density at radius 3 is 2.12 bits per heavy atom. The molecule has 0 unspecified atom stereocenters. The average molecular weight is 351 g/mol. The Morgan fingerprint density at radius 1 is 0.846 bits per heavy atom. The van der Waals surface area contributed by atoms with Crippen molar-refractivity contribution in [3.63, 3.8) is 0 Å². The molecule has 1 aliphatic carbocycles. The zero-order valence-electron chi connectivity index (χ0n) is 16.2. The van der Waals surface area contributed by atoms with Crippen LogP contribution in [0.25, 0.3) is 12.2 Å². The van der Waals surface area contributed by atoms with E-state index in [-0.39, 0.29) is 0 Å². The smallest absolute Gasteiger partial charge is 0.137 e. The van der Waals surface area contributed by atoms with Gasteiger partial charge in [-0.15, -0.1) is 0 Å². The highest BCUT2D eigenvalue weighted by atomic mass is 16.5. The summed E-state index contributed by atoms with van der Waals surface area (Å²) in [5.74, 6) is 0.963. The predicted octanol–water partition coefficient (Wildman–Crippen LogP) is 5.64. The lowest BCUT2D eigenvalue weighted by Crippen LogP contribution is -2.51. The highest BCUT2D eigenvalue weighted by molar-refractivity contribution is 5.69. The van der Waals surface area contributed by atoms with Gasteiger partial charge in [0.15, 0.2) is 0 Å². The molecule has 0 heterocycles. The van der Waals surface area contributed by atoms with Gasteiger partial charge in [-0.2, -0.15) is 0 Å². The topological polar surface area (TPSA) is 9.23 Å². The minimum atomic E-state index is 0.780. The Hall–Kier alpha value is -2.06. The number of benzene rings is 2. The van der Waals surface area contributed by atoms with Crippen molar-refractivity contribution < 1.29 is 9.22 Å². The van der Waals surface area contributed by atoms with Crippen LogP contribution in [-0.2, 0) is 0 Å². The Labute approximate surface area is 158 Å². The van der Waals surface area contributed by atoms with Crippen LogP contribution in [0.3, 0.4) is 0 Å². The first-order chi connectivity index (χ1) is 12.6. The van der Waals surface area contributed by atoms with Crippen LogP contribution < -0.4 is 4.74 Å². The normalized spacial score (nSPS) is 16.1. The van der Waals surface area contributed by atoms with Crippen molar-refractivity contribution >= 4 is 12.2 Å². The molecule has 0 spiro atoms. The van der Waals surface area contributed by atoms with Gasteiger partial charge in [0.1, 0.15) is 18.9 Å². The van der Waals surface area contributed by atoms with E-state index in [1.54, 1.807) is 0 Å². The summed E-state index contributed by atoms with van der Waals surface area (Å²) in [4.78, 5) is 0. The highest BCUT2D eigenvalue weighted by Crippen LogP contribution is 2.25. The first-order valence-electron chi connectivity index (χ1n) is 9.92. The molecule has 1 aliphatic rings. The number of hydrogen-bond donors (Lipinski definition) is 0. The minimum Gasteiger partial charge on any atom is -0.488 e. The molecule has 0 radical (unpaired) electrons. The molecule has 0 N–H and O–H groups in total. The number of quaternary nitrogens is 1. The molecule has 1 fully saturated rings. The summed E-state index contributed by atoms with van der Waals surface area (Å²) < 4.78 is 7.09. The maximum Gasteiger partial charge on any atom is 0.137 e. The SMILES string of the molecule is C[N+](C)(CCOc1ccc(/C=C/c2ccccc2)cc1)C1CCCCC1. The number of likely N-dealkylation sites (N-methyl/N-ethyl adjacent to an activating group) is 1. The van der Waals surface area contributed by atoms with Gasteiger partial charge in [-0.25, -0.2) is 0 Å². The molecule has 2 nitrogen and oxygen atoms in total. The van der Waals surface area contributed by atoms with E-state index in [4.69, 9.17) is 4.74 Å². The first-order valence-corrected chi connectivity index (χ1v) is 9.92. The predicted molar refractivity (Wildman–Crippen MR) is 111 cm³/mol. The second-order valence-corrected chi connectivity index (χ2v) is 7.96. The Balaban J connectivity index is 1.47. The molecule has 2 aromatic carbocycles. The van der Waals surface area contributed by atoms with Gasteiger partial charge in [-0.05, 0) is 48.9 Å².